The Hall–Kier alpha value is -3.22. The third-order valence-electron chi connectivity index (χ3n) is 4.39. The van der Waals surface area contributed by atoms with Gasteiger partial charge in [-0.15, -0.1) is 5.10 Å². The van der Waals surface area contributed by atoms with Gasteiger partial charge in [0.1, 0.15) is 11.4 Å². The molecule has 0 unspecified atom stereocenters. The Morgan fingerprint density at radius 1 is 1.15 bits per heavy atom. The summed E-state index contributed by atoms with van der Waals surface area (Å²) in [6, 6.07) is 13.8. The fourth-order valence-corrected chi connectivity index (χ4v) is 2.81. The summed E-state index contributed by atoms with van der Waals surface area (Å²) in [4.78, 5) is 12.3. The number of anilines is 1. The molecule has 0 spiro atoms. The van der Waals surface area contributed by atoms with Crippen molar-refractivity contribution in [1.29, 1.82) is 0 Å². The molecule has 1 amide bonds. The Morgan fingerprint density at radius 2 is 1.89 bits per heavy atom. The van der Waals surface area contributed by atoms with Crippen molar-refractivity contribution in [2.45, 2.75) is 33.1 Å². The molecule has 0 aliphatic carbocycles. The van der Waals surface area contributed by atoms with E-state index in [0.717, 1.165) is 12.0 Å². The maximum Gasteiger partial charge on any atom is 0.224 e. The van der Waals surface area contributed by atoms with Crippen LogP contribution in [0.3, 0.4) is 0 Å². The van der Waals surface area contributed by atoms with Crippen LogP contribution in [0.25, 0.3) is 5.69 Å². The first-order chi connectivity index (χ1) is 13.1. The van der Waals surface area contributed by atoms with Gasteiger partial charge in [0.15, 0.2) is 5.82 Å². The lowest BCUT2D eigenvalue weighted by molar-refractivity contribution is -0.116. The number of benzene rings is 2. The van der Waals surface area contributed by atoms with E-state index in [4.69, 9.17) is 4.74 Å². The van der Waals surface area contributed by atoms with Gasteiger partial charge in [0.25, 0.3) is 0 Å². The molecular weight excluding hydrogens is 342 g/mol. The summed E-state index contributed by atoms with van der Waals surface area (Å²) in [5.41, 5.74) is 3.80. The van der Waals surface area contributed by atoms with E-state index in [0.29, 0.717) is 35.8 Å². The number of hydrogen-bond acceptors (Lipinski definition) is 5. The average Bonchev–Trinajstić information content (AvgIpc) is 3.12. The second-order valence-corrected chi connectivity index (χ2v) is 6.24. The van der Waals surface area contributed by atoms with Crippen LogP contribution in [0.2, 0.25) is 0 Å². The molecule has 140 valence electrons. The van der Waals surface area contributed by atoms with E-state index in [-0.39, 0.29) is 5.91 Å². The lowest BCUT2D eigenvalue weighted by Gasteiger charge is -2.12. The fraction of sp³-hybridized carbons (Fsp3) is 0.300. The minimum atomic E-state index is -0.0425. The third kappa shape index (κ3) is 4.49. The lowest BCUT2D eigenvalue weighted by Crippen LogP contribution is -2.13. The summed E-state index contributed by atoms with van der Waals surface area (Å²) >= 11 is 0. The van der Waals surface area contributed by atoms with Gasteiger partial charge in [0.2, 0.25) is 5.91 Å². The van der Waals surface area contributed by atoms with Crippen molar-refractivity contribution in [2.75, 3.05) is 12.4 Å². The number of carbonyl (C=O) groups is 1. The minimum absolute atomic E-state index is 0.0425. The van der Waals surface area contributed by atoms with Crippen LogP contribution in [0.5, 0.6) is 5.75 Å². The van der Waals surface area contributed by atoms with Gasteiger partial charge >= 0.3 is 0 Å². The van der Waals surface area contributed by atoms with E-state index in [1.165, 1.54) is 5.56 Å². The predicted octanol–water partition coefficient (Wildman–Crippen LogP) is 3.11. The zero-order valence-corrected chi connectivity index (χ0v) is 15.8. The Balaban J connectivity index is 1.67. The molecule has 0 bridgehead atoms. The fourth-order valence-electron chi connectivity index (χ4n) is 2.81. The average molecular weight is 365 g/mol. The van der Waals surface area contributed by atoms with Crippen LogP contribution >= 0.6 is 0 Å². The van der Waals surface area contributed by atoms with Gasteiger partial charge in [-0.3, -0.25) is 4.79 Å². The van der Waals surface area contributed by atoms with Crippen molar-refractivity contribution in [3.8, 4) is 11.4 Å². The number of nitrogens with one attached hydrogen (secondary N) is 1. The SMILES string of the molecule is CCc1ccc(CCC(=O)Nc2ccc(OC)c(-n3nnnc3C)c2)cc1. The molecule has 0 radical (unpaired) electrons. The van der Waals surface area contributed by atoms with Crippen LogP contribution in [0, 0.1) is 6.92 Å². The number of ether oxygens (including phenoxy) is 1. The number of nitrogens with zero attached hydrogens (tertiary/aromatic N) is 4. The van der Waals surface area contributed by atoms with Gasteiger partial charge in [-0.1, -0.05) is 31.2 Å². The van der Waals surface area contributed by atoms with Crippen molar-refractivity contribution in [1.82, 2.24) is 20.2 Å². The molecular formula is C20H23N5O2. The second-order valence-electron chi connectivity index (χ2n) is 6.24. The van der Waals surface area contributed by atoms with E-state index in [1.54, 1.807) is 36.9 Å². The summed E-state index contributed by atoms with van der Waals surface area (Å²) in [7, 11) is 1.58. The molecule has 2 aromatic carbocycles. The van der Waals surface area contributed by atoms with E-state index in [2.05, 4.69) is 52.0 Å². The number of hydrogen-bond donors (Lipinski definition) is 1. The zero-order chi connectivity index (χ0) is 19.2. The number of amides is 1. The summed E-state index contributed by atoms with van der Waals surface area (Å²) in [6.45, 7) is 3.93. The van der Waals surface area contributed by atoms with E-state index >= 15 is 0 Å². The molecule has 0 saturated carbocycles. The Morgan fingerprint density at radius 3 is 2.52 bits per heavy atom. The highest BCUT2D eigenvalue weighted by atomic mass is 16.5. The first kappa shape index (κ1) is 18.6. The number of tetrazole rings is 1. The highest BCUT2D eigenvalue weighted by Crippen LogP contribution is 2.26. The quantitative estimate of drug-likeness (QED) is 0.696. The standard InChI is InChI=1S/C20H23N5O2/c1-4-15-5-7-16(8-6-15)9-12-20(26)21-17-10-11-19(27-3)18(13-17)25-14(2)22-23-24-25/h5-8,10-11,13H,4,9,12H2,1-3H3,(H,21,26). The number of rotatable bonds is 7. The van der Waals surface area contributed by atoms with E-state index in [9.17, 15) is 4.79 Å². The van der Waals surface area contributed by atoms with Crippen LogP contribution in [-0.4, -0.2) is 33.2 Å². The molecule has 1 heterocycles. The van der Waals surface area contributed by atoms with Crippen molar-refractivity contribution in [2.24, 2.45) is 0 Å². The van der Waals surface area contributed by atoms with Gasteiger partial charge in [-0.2, -0.15) is 4.68 Å². The van der Waals surface area contributed by atoms with Crippen LogP contribution in [-0.2, 0) is 17.6 Å². The number of aryl methyl sites for hydroxylation is 3. The largest absolute Gasteiger partial charge is 0.494 e. The maximum absolute atomic E-state index is 12.3. The smallest absolute Gasteiger partial charge is 0.224 e. The van der Waals surface area contributed by atoms with Gasteiger partial charge < -0.3 is 10.1 Å². The monoisotopic (exact) mass is 365 g/mol. The topological polar surface area (TPSA) is 81.9 Å². The second kappa shape index (κ2) is 8.44. The molecule has 3 rings (SSSR count). The summed E-state index contributed by atoms with van der Waals surface area (Å²) in [5.74, 6) is 1.21. The van der Waals surface area contributed by atoms with Crippen molar-refractivity contribution < 1.29 is 9.53 Å². The molecule has 0 aliphatic heterocycles. The van der Waals surface area contributed by atoms with E-state index in [1.807, 2.05) is 0 Å². The first-order valence-electron chi connectivity index (χ1n) is 8.91. The molecule has 0 atom stereocenters. The molecule has 7 heteroatoms. The summed E-state index contributed by atoms with van der Waals surface area (Å²) in [6.07, 6.45) is 2.13. The number of carbonyl (C=O) groups excluding carboxylic acids is 1. The minimum Gasteiger partial charge on any atom is -0.494 e. The highest BCUT2D eigenvalue weighted by Gasteiger charge is 2.12. The van der Waals surface area contributed by atoms with Gasteiger partial charge in [-0.05, 0) is 59.5 Å². The highest BCUT2D eigenvalue weighted by molar-refractivity contribution is 5.91. The Labute approximate surface area is 158 Å². The van der Waals surface area contributed by atoms with Gasteiger partial charge in [0.05, 0.1) is 7.11 Å². The molecule has 1 aromatic heterocycles. The molecule has 0 fully saturated rings. The van der Waals surface area contributed by atoms with Crippen molar-refractivity contribution in [3.05, 3.63) is 59.4 Å². The van der Waals surface area contributed by atoms with Gasteiger partial charge in [0, 0.05) is 12.1 Å². The third-order valence-corrected chi connectivity index (χ3v) is 4.39. The Kier molecular flexibility index (Phi) is 5.80. The van der Waals surface area contributed by atoms with Crippen LogP contribution in [0.4, 0.5) is 5.69 Å². The van der Waals surface area contributed by atoms with Crippen LogP contribution < -0.4 is 10.1 Å². The molecule has 0 saturated heterocycles. The summed E-state index contributed by atoms with van der Waals surface area (Å²) < 4.78 is 6.95. The number of aromatic nitrogens is 4. The first-order valence-corrected chi connectivity index (χ1v) is 8.91. The maximum atomic E-state index is 12.3. The summed E-state index contributed by atoms with van der Waals surface area (Å²) in [5, 5.41) is 14.5. The predicted molar refractivity (Wildman–Crippen MR) is 103 cm³/mol. The normalized spacial score (nSPS) is 10.6. The lowest BCUT2D eigenvalue weighted by atomic mass is 10.1. The molecule has 7 nitrogen and oxygen atoms in total. The van der Waals surface area contributed by atoms with Gasteiger partial charge in [-0.25, -0.2) is 0 Å². The number of methoxy groups -OCH3 is 1. The molecule has 1 N–H and O–H groups in total. The zero-order valence-electron chi connectivity index (χ0n) is 15.8. The van der Waals surface area contributed by atoms with Crippen LogP contribution in [0.1, 0.15) is 30.3 Å². The Bertz CT molecular complexity index is 918. The van der Waals surface area contributed by atoms with E-state index < -0.39 is 0 Å². The van der Waals surface area contributed by atoms with Crippen LogP contribution in [0.15, 0.2) is 42.5 Å². The molecule has 0 aliphatic rings. The molecule has 27 heavy (non-hydrogen) atoms. The van der Waals surface area contributed by atoms with Crippen molar-refractivity contribution in [3.63, 3.8) is 0 Å². The molecule has 3 aromatic rings. The van der Waals surface area contributed by atoms with Crippen molar-refractivity contribution >= 4 is 11.6 Å².